The fourth-order valence-corrected chi connectivity index (χ4v) is 3.46. The maximum absolute atomic E-state index is 13.0. The highest BCUT2D eigenvalue weighted by atomic mass is 35.5. The Hall–Kier alpha value is -2.46. The molecule has 3 rings (SSSR count). The highest BCUT2D eigenvalue weighted by molar-refractivity contribution is 7.99. The summed E-state index contributed by atoms with van der Waals surface area (Å²) >= 11 is 6.83. The number of carbonyl (C=O) groups is 1. The molecule has 0 bridgehead atoms. The number of aromatic nitrogens is 3. The van der Waals surface area contributed by atoms with Gasteiger partial charge in [0, 0.05) is 11.8 Å². The average molecular weight is 432 g/mol. The van der Waals surface area contributed by atoms with E-state index < -0.39 is 11.7 Å². The molecule has 2 heterocycles. The zero-order chi connectivity index (χ0) is 20.5. The first kappa shape index (κ1) is 20.3. The number of halogens is 4. The quantitative estimate of drug-likeness (QED) is 0.426. The highest BCUT2D eigenvalue weighted by Gasteiger charge is 2.32. The molecule has 6 nitrogen and oxygen atoms in total. The Bertz CT molecular complexity index is 1040. The number of fused-ring (bicyclic) bond motifs is 1. The van der Waals surface area contributed by atoms with Crippen molar-refractivity contribution in [2.45, 2.75) is 11.3 Å². The molecule has 0 amide bonds. The lowest BCUT2D eigenvalue weighted by Gasteiger charge is -2.09. The summed E-state index contributed by atoms with van der Waals surface area (Å²) in [5.74, 6) is 0.544. The molecule has 0 fully saturated rings. The molecule has 0 N–H and O–H groups in total. The van der Waals surface area contributed by atoms with Crippen LogP contribution in [-0.2, 0) is 6.18 Å². The fraction of sp³-hybridized carbons (Fsp3) is 0.235. The summed E-state index contributed by atoms with van der Waals surface area (Å²) in [5, 5.41) is 7.56. The lowest BCUT2D eigenvalue weighted by Crippen LogP contribution is -2.07. The molecular formula is C17H13ClF3N3O3S. The van der Waals surface area contributed by atoms with Gasteiger partial charge in [-0.3, -0.25) is 9.20 Å². The Morgan fingerprint density at radius 1 is 1.18 bits per heavy atom. The lowest BCUT2D eigenvalue weighted by molar-refractivity contribution is -0.137. The van der Waals surface area contributed by atoms with E-state index in [1.165, 1.54) is 20.3 Å². The molecule has 0 saturated carbocycles. The Morgan fingerprint density at radius 2 is 1.89 bits per heavy atom. The number of thioether (sulfide) groups is 1. The van der Waals surface area contributed by atoms with Crippen molar-refractivity contribution in [1.82, 2.24) is 14.6 Å². The van der Waals surface area contributed by atoms with E-state index in [1.54, 1.807) is 12.1 Å². The number of methoxy groups -OCH3 is 2. The molecule has 0 atom stereocenters. The van der Waals surface area contributed by atoms with Crippen LogP contribution in [0.5, 0.6) is 11.5 Å². The molecule has 0 aliphatic heterocycles. The summed E-state index contributed by atoms with van der Waals surface area (Å²) in [6.07, 6.45) is -3.72. The molecule has 3 aromatic rings. The number of Topliss-reactive ketones (excluding diaryl/α,β-unsaturated/α-hetero) is 1. The number of rotatable bonds is 6. The van der Waals surface area contributed by atoms with E-state index in [0.717, 1.165) is 28.4 Å². The van der Waals surface area contributed by atoms with Gasteiger partial charge in [-0.15, -0.1) is 10.2 Å². The van der Waals surface area contributed by atoms with Gasteiger partial charge < -0.3 is 9.47 Å². The van der Waals surface area contributed by atoms with Crippen LogP contribution in [0.1, 0.15) is 15.9 Å². The predicted octanol–water partition coefficient (Wildman–Crippen LogP) is 4.39. The van der Waals surface area contributed by atoms with Gasteiger partial charge in [0.1, 0.15) is 0 Å². The molecule has 148 valence electrons. The second-order valence-electron chi connectivity index (χ2n) is 5.53. The van der Waals surface area contributed by atoms with Crippen molar-refractivity contribution in [2.24, 2.45) is 0 Å². The number of ketones is 1. The number of pyridine rings is 1. The molecule has 0 aliphatic carbocycles. The first-order valence-electron chi connectivity index (χ1n) is 7.74. The minimum Gasteiger partial charge on any atom is -0.493 e. The van der Waals surface area contributed by atoms with E-state index in [4.69, 9.17) is 21.1 Å². The van der Waals surface area contributed by atoms with Crippen LogP contribution in [0.25, 0.3) is 5.65 Å². The maximum atomic E-state index is 13.0. The number of alkyl halides is 3. The van der Waals surface area contributed by atoms with Gasteiger partial charge in [-0.05, 0) is 24.3 Å². The van der Waals surface area contributed by atoms with Crippen molar-refractivity contribution in [3.05, 3.63) is 46.6 Å². The minimum atomic E-state index is -4.57. The lowest BCUT2D eigenvalue weighted by atomic mass is 10.1. The van der Waals surface area contributed by atoms with Crippen LogP contribution >= 0.6 is 23.4 Å². The van der Waals surface area contributed by atoms with Crippen molar-refractivity contribution < 1.29 is 27.4 Å². The molecular weight excluding hydrogens is 419 g/mol. The summed E-state index contributed by atoms with van der Waals surface area (Å²) < 4.78 is 50.4. The van der Waals surface area contributed by atoms with Gasteiger partial charge in [0.15, 0.2) is 28.1 Å². The van der Waals surface area contributed by atoms with Crippen molar-refractivity contribution in [1.29, 1.82) is 0 Å². The third-order valence-electron chi connectivity index (χ3n) is 3.79. The Kier molecular flexibility index (Phi) is 5.71. The second kappa shape index (κ2) is 7.88. The number of hydrogen-bond donors (Lipinski definition) is 0. The Labute approximate surface area is 166 Å². The highest BCUT2D eigenvalue weighted by Crippen LogP contribution is 2.33. The van der Waals surface area contributed by atoms with E-state index in [0.29, 0.717) is 17.1 Å². The van der Waals surface area contributed by atoms with Crippen molar-refractivity contribution in [3.63, 3.8) is 0 Å². The number of ether oxygens (including phenoxy) is 2. The summed E-state index contributed by atoms with van der Waals surface area (Å²) in [5.41, 5.74) is -0.485. The van der Waals surface area contributed by atoms with Crippen LogP contribution in [0.15, 0.2) is 35.6 Å². The molecule has 1 aromatic carbocycles. The van der Waals surface area contributed by atoms with E-state index >= 15 is 0 Å². The minimum absolute atomic E-state index is 0.0653. The summed E-state index contributed by atoms with van der Waals surface area (Å²) in [6.45, 7) is 0. The van der Waals surface area contributed by atoms with E-state index in [2.05, 4.69) is 10.2 Å². The van der Waals surface area contributed by atoms with E-state index in [-0.39, 0.29) is 27.4 Å². The topological polar surface area (TPSA) is 65.7 Å². The Balaban J connectivity index is 1.84. The molecule has 0 spiro atoms. The van der Waals surface area contributed by atoms with Gasteiger partial charge in [0.25, 0.3) is 0 Å². The molecule has 0 saturated heterocycles. The van der Waals surface area contributed by atoms with Crippen LogP contribution < -0.4 is 9.47 Å². The Morgan fingerprint density at radius 3 is 2.54 bits per heavy atom. The fourth-order valence-electron chi connectivity index (χ4n) is 2.41. The smallest absolute Gasteiger partial charge is 0.417 e. The standard InChI is InChI=1S/C17H13ClF3N3O3S/c1-26-13-4-3-9(5-14(13)27-2)12(25)8-28-16-23-22-15-11(18)6-10(7-24(15)16)17(19,20)21/h3-7H,8H2,1-2H3. The first-order valence-corrected chi connectivity index (χ1v) is 9.10. The van der Waals surface area contributed by atoms with Gasteiger partial charge in [0.2, 0.25) is 0 Å². The number of carbonyl (C=O) groups excluding carboxylic acids is 1. The van der Waals surface area contributed by atoms with Crippen LogP contribution in [0.4, 0.5) is 13.2 Å². The number of nitrogens with zero attached hydrogens (tertiary/aromatic N) is 3. The molecule has 28 heavy (non-hydrogen) atoms. The van der Waals surface area contributed by atoms with Crippen molar-refractivity contribution in [2.75, 3.05) is 20.0 Å². The predicted molar refractivity (Wildman–Crippen MR) is 97.6 cm³/mol. The van der Waals surface area contributed by atoms with Crippen LogP contribution in [0, 0.1) is 0 Å². The zero-order valence-corrected chi connectivity index (χ0v) is 16.2. The third-order valence-corrected chi connectivity index (χ3v) is 5.01. The molecule has 0 unspecified atom stereocenters. The molecule has 0 aliphatic rings. The maximum Gasteiger partial charge on any atom is 0.417 e. The van der Waals surface area contributed by atoms with Gasteiger partial charge >= 0.3 is 6.18 Å². The molecule has 11 heteroatoms. The van der Waals surface area contributed by atoms with Gasteiger partial charge in [0.05, 0.1) is 30.6 Å². The normalized spacial score (nSPS) is 11.6. The van der Waals surface area contributed by atoms with Crippen LogP contribution in [0.2, 0.25) is 5.02 Å². The van der Waals surface area contributed by atoms with Gasteiger partial charge in [-0.1, -0.05) is 23.4 Å². The van der Waals surface area contributed by atoms with E-state index in [1.807, 2.05) is 0 Å². The zero-order valence-electron chi connectivity index (χ0n) is 14.6. The van der Waals surface area contributed by atoms with Crippen molar-refractivity contribution in [3.8, 4) is 11.5 Å². The third kappa shape index (κ3) is 4.02. The molecule has 2 aromatic heterocycles. The number of hydrogen-bond acceptors (Lipinski definition) is 6. The monoisotopic (exact) mass is 431 g/mol. The summed E-state index contributed by atoms with van der Waals surface area (Å²) in [4.78, 5) is 12.5. The van der Waals surface area contributed by atoms with Crippen molar-refractivity contribution >= 4 is 34.8 Å². The van der Waals surface area contributed by atoms with Crippen LogP contribution in [0.3, 0.4) is 0 Å². The summed E-state index contributed by atoms with van der Waals surface area (Å²) in [7, 11) is 2.93. The first-order chi connectivity index (χ1) is 13.2. The average Bonchev–Trinajstić information content (AvgIpc) is 3.08. The largest absolute Gasteiger partial charge is 0.493 e. The number of benzene rings is 1. The SMILES string of the molecule is COc1ccc(C(=O)CSc2nnc3c(Cl)cc(C(F)(F)F)cn23)cc1OC. The van der Waals surface area contributed by atoms with Gasteiger partial charge in [-0.2, -0.15) is 13.2 Å². The second-order valence-corrected chi connectivity index (χ2v) is 6.88. The van der Waals surface area contributed by atoms with Crippen LogP contribution in [-0.4, -0.2) is 40.4 Å². The van der Waals surface area contributed by atoms with E-state index in [9.17, 15) is 18.0 Å². The summed E-state index contributed by atoms with van der Waals surface area (Å²) in [6, 6.07) is 5.49. The molecule has 0 radical (unpaired) electrons. The van der Waals surface area contributed by atoms with Gasteiger partial charge in [-0.25, -0.2) is 0 Å².